The second-order valence-electron chi connectivity index (χ2n) is 4.17. The van der Waals surface area contributed by atoms with Gasteiger partial charge in [0.1, 0.15) is 0 Å². The van der Waals surface area contributed by atoms with E-state index in [1.807, 2.05) is 25.3 Å². The van der Waals surface area contributed by atoms with E-state index in [0.717, 1.165) is 6.42 Å². The van der Waals surface area contributed by atoms with Crippen molar-refractivity contribution in [2.75, 3.05) is 13.1 Å². The molecular weight excluding hydrogens is 244 g/mol. The zero-order valence-corrected chi connectivity index (χ0v) is 11.3. The van der Waals surface area contributed by atoms with Crippen LogP contribution in [0.4, 0.5) is 0 Å². The summed E-state index contributed by atoms with van der Waals surface area (Å²) in [5.41, 5.74) is 5.05. The van der Waals surface area contributed by atoms with Crippen molar-refractivity contribution in [3.05, 3.63) is 22.4 Å². The van der Waals surface area contributed by atoms with E-state index in [2.05, 4.69) is 11.4 Å². The summed E-state index contributed by atoms with van der Waals surface area (Å²) in [6.45, 7) is 4.77. The molecule has 0 aliphatic carbocycles. The first kappa shape index (κ1) is 15.4. The lowest BCUT2D eigenvalue weighted by atomic mass is 9.93. The maximum absolute atomic E-state index is 11.6. The van der Waals surface area contributed by atoms with E-state index < -0.39 is 5.41 Å². The van der Waals surface area contributed by atoms with Crippen molar-refractivity contribution in [1.82, 2.24) is 5.32 Å². The van der Waals surface area contributed by atoms with Gasteiger partial charge >= 0.3 is 0 Å². The molecular formula is C11H19ClN2OS. The Bertz CT molecular complexity index is 312. The van der Waals surface area contributed by atoms with Gasteiger partial charge in [0, 0.05) is 18.0 Å². The van der Waals surface area contributed by atoms with Crippen molar-refractivity contribution in [2.24, 2.45) is 11.1 Å². The van der Waals surface area contributed by atoms with Crippen LogP contribution in [0.5, 0.6) is 0 Å². The summed E-state index contributed by atoms with van der Waals surface area (Å²) in [5, 5.41) is 4.94. The normalized spacial score (nSPS) is 10.7. The van der Waals surface area contributed by atoms with E-state index in [1.165, 1.54) is 4.88 Å². The minimum atomic E-state index is -0.463. The second-order valence-corrected chi connectivity index (χ2v) is 5.21. The van der Waals surface area contributed by atoms with Crippen molar-refractivity contribution >= 4 is 29.7 Å². The van der Waals surface area contributed by atoms with Gasteiger partial charge in [-0.2, -0.15) is 0 Å². The number of amides is 1. The number of carbonyl (C=O) groups excluding carboxylic acids is 1. The summed E-state index contributed by atoms with van der Waals surface area (Å²) in [6, 6.07) is 4.09. The summed E-state index contributed by atoms with van der Waals surface area (Å²) < 4.78 is 0. The Morgan fingerprint density at radius 3 is 2.75 bits per heavy atom. The van der Waals surface area contributed by atoms with Crippen LogP contribution in [0.2, 0.25) is 0 Å². The summed E-state index contributed by atoms with van der Waals surface area (Å²) in [5.74, 6) is 0.0292. The molecule has 92 valence electrons. The van der Waals surface area contributed by atoms with Crippen LogP contribution >= 0.6 is 23.7 Å². The maximum atomic E-state index is 11.6. The fourth-order valence-corrected chi connectivity index (χ4v) is 1.80. The first-order valence-corrected chi connectivity index (χ1v) is 5.95. The van der Waals surface area contributed by atoms with Crippen LogP contribution in [-0.4, -0.2) is 19.0 Å². The van der Waals surface area contributed by atoms with Crippen LogP contribution in [-0.2, 0) is 11.2 Å². The molecule has 0 saturated carbocycles. The van der Waals surface area contributed by atoms with E-state index >= 15 is 0 Å². The zero-order chi connectivity index (χ0) is 11.3. The topological polar surface area (TPSA) is 55.1 Å². The van der Waals surface area contributed by atoms with Crippen LogP contribution in [0.15, 0.2) is 17.5 Å². The average molecular weight is 263 g/mol. The number of hydrogen-bond donors (Lipinski definition) is 2. The predicted molar refractivity (Wildman–Crippen MR) is 71.1 cm³/mol. The first-order chi connectivity index (χ1) is 7.06. The Balaban J connectivity index is 0.00000225. The number of nitrogens with one attached hydrogen (secondary N) is 1. The van der Waals surface area contributed by atoms with E-state index in [1.54, 1.807) is 11.3 Å². The highest BCUT2D eigenvalue weighted by atomic mass is 35.5. The lowest BCUT2D eigenvalue weighted by molar-refractivity contribution is -0.128. The maximum Gasteiger partial charge on any atom is 0.226 e. The molecule has 1 amide bonds. The van der Waals surface area contributed by atoms with Crippen LogP contribution < -0.4 is 11.1 Å². The van der Waals surface area contributed by atoms with Gasteiger partial charge in [-0.15, -0.1) is 23.7 Å². The quantitative estimate of drug-likeness (QED) is 0.850. The molecule has 1 heterocycles. The molecule has 3 nitrogen and oxygen atoms in total. The highest BCUT2D eigenvalue weighted by Gasteiger charge is 2.24. The Labute approximate surface area is 107 Å². The van der Waals surface area contributed by atoms with E-state index in [-0.39, 0.29) is 18.3 Å². The molecule has 0 saturated heterocycles. The van der Waals surface area contributed by atoms with E-state index in [4.69, 9.17) is 5.73 Å². The predicted octanol–water partition coefficient (Wildman–Crippen LogP) is 1.81. The van der Waals surface area contributed by atoms with Gasteiger partial charge in [-0.05, 0) is 31.7 Å². The number of carbonyl (C=O) groups is 1. The minimum absolute atomic E-state index is 0. The highest BCUT2D eigenvalue weighted by molar-refractivity contribution is 7.09. The van der Waals surface area contributed by atoms with Crippen LogP contribution in [0.25, 0.3) is 0 Å². The lowest BCUT2D eigenvalue weighted by Crippen LogP contribution is -2.42. The molecule has 16 heavy (non-hydrogen) atoms. The molecule has 0 radical (unpaired) electrons. The first-order valence-electron chi connectivity index (χ1n) is 5.07. The fraction of sp³-hybridized carbons (Fsp3) is 0.545. The third-order valence-electron chi connectivity index (χ3n) is 2.36. The highest BCUT2D eigenvalue weighted by Crippen LogP contribution is 2.12. The average Bonchev–Trinajstić information content (AvgIpc) is 2.70. The number of thiophene rings is 1. The lowest BCUT2D eigenvalue weighted by Gasteiger charge is -2.21. The van der Waals surface area contributed by atoms with Gasteiger partial charge in [-0.1, -0.05) is 6.07 Å². The summed E-state index contributed by atoms with van der Waals surface area (Å²) >= 11 is 1.71. The Morgan fingerprint density at radius 2 is 2.25 bits per heavy atom. The monoisotopic (exact) mass is 262 g/mol. The van der Waals surface area contributed by atoms with Gasteiger partial charge in [0.15, 0.2) is 0 Å². The standard InChI is InChI=1S/C11H18N2OS.ClH/c1-11(2,8-12)10(14)13-6-5-9-4-3-7-15-9;/h3-4,7H,5-6,8,12H2,1-2H3,(H,13,14);1H. The van der Waals surface area contributed by atoms with E-state index in [9.17, 15) is 4.79 Å². The summed E-state index contributed by atoms with van der Waals surface area (Å²) in [7, 11) is 0. The minimum Gasteiger partial charge on any atom is -0.355 e. The fourth-order valence-electron chi connectivity index (χ4n) is 1.09. The van der Waals surface area contributed by atoms with Gasteiger partial charge in [-0.3, -0.25) is 4.79 Å². The molecule has 3 N–H and O–H groups in total. The molecule has 1 aromatic heterocycles. The van der Waals surface area contributed by atoms with Crippen LogP contribution in [0.3, 0.4) is 0 Å². The van der Waals surface area contributed by atoms with Crippen molar-refractivity contribution in [3.63, 3.8) is 0 Å². The smallest absolute Gasteiger partial charge is 0.226 e. The van der Waals surface area contributed by atoms with E-state index in [0.29, 0.717) is 13.1 Å². The Morgan fingerprint density at radius 1 is 1.56 bits per heavy atom. The molecule has 0 aliphatic heterocycles. The molecule has 0 aliphatic rings. The van der Waals surface area contributed by atoms with Crippen molar-refractivity contribution < 1.29 is 4.79 Å². The number of rotatable bonds is 5. The van der Waals surface area contributed by atoms with Gasteiger partial charge in [-0.25, -0.2) is 0 Å². The van der Waals surface area contributed by atoms with Crippen LogP contribution in [0, 0.1) is 5.41 Å². The van der Waals surface area contributed by atoms with Gasteiger partial charge in [0.05, 0.1) is 5.41 Å². The molecule has 1 aromatic rings. The molecule has 0 spiro atoms. The summed E-state index contributed by atoms with van der Waals surface area (Å²) in [4.78, 5) is 12.9. The molecule has 1 rings (SSSR count). The van der Waals surface area contributed by atoms with Gasteiger partial charge in [0.2, 0.25) is 5.91 Å². The third-order valence-corrected chi connectivity index (χ3v) is 3.30. The number of hydrogen-bond acceptors (Lipinski definition) is 3. The third kappa shape index (κ3) is 4.51. The Hall–Kier alpha value is -0.580. The largest absolute Gasteiger partial charge is 0.355 e. The molecule has 5 heteroatoms. The van der Waals surface area contributed by atoms with Crippen molar-refractivity contribution in [1.29, 1.82) is 0 Å². The Kier molecular flexibility index (Phi) is 6.64. The molecule has 0 fully saturated rings. The van der Waals surface area contributed by atoms with Crippen molar-refractivity contribution in [3.8, 4) is 0 Å². The molecule has 0 aromatic carbocycles. The SMILES string of the molecule is CC(C)(CN)C(=O)NCCc1cccs1.Cl. The molecule has 0 bridgehead atoms. The van der Waals surface area contributed by atoms with Gasteiger partial charge < -0.3 is 11.1 Å². The number of halogens is 1. The van der Waals surface area contributed by atoms with Crippen LogP contribution in [0.1, 0.15) is 18.7 Å². The molecule has 0 atom stereocenters. The number of nitrogens with two attached hydrogens (primary N) is 1. The second kappa shape index (κ2) is 6.89. The summed E-state index contributed by atoms with van der Waals surface area (Å²) in [6.07, 6.45) is 0.893. The zero-order valence-electron chi connectivity index (χ0n) is 9.66. The molecule has 0 unspecified atom stereocenters. The van der Waals surface area contributed by atoms with Crippen molar-refractivity contribution in [2.45, 2.75) is 20.3 Å². The van der Waals surface area contributed by atoms with Gasteiger partial charge in [0.25, 0.3) is 0 Å².